The molecule has 6 aromatic carbocycles. The Morgan fingerprint density at radius 3 is 0.870 bits per heavy atom. The molecule has 37 nitrogen and oxygen atoms in total. The molecule has 0 unspecified atom stereocenters. The molecule has 6 heterocycles. The third-order valence-electron chi connectivity index (χ3n) is 23.8. The predicted molar refractivity (Wildman–Crippen MR) is 497 cm³/mol. The molecule has 688 valence electrons. The first kappa shape index (κ1) is 95.0. The Morgan fingerprint density at radius 1 is 0.321 bits per heavy atom. The van der Waals surface area contributed by atoms with E-state index < -0.39 is 162 Å². The number of benzene rings is 6. The van der Waals surface area contributed by atoms with E-state index in [2.05, 4.69) is 88.4 Å². The third-order valence-corrected chi connectivity index (χ3v) is 23.8. The molecule has 0 spiro atoms. The number of nitrogens with two attached hydrogens (primary N) is 6. The fourth-order valence-electron chi connectivity index (χ4n) is 16.3. The lowest BCUT2D eigenvalue weighted by molar-refractivity contribution is -0.136. The Morgan fingerprint density at radius 2 is 0.580 bits per heavy atom. The van der Waals surface area contributed by atoms with E-state index in [-0.39, 0.29) is 96.1 Å². The lowest BCUT2D eigenvalue weighted by atomic mass is 9.96. The van der Waals surface area contributed by atoms with E-state index in [0.717, 1.165) is 21.8 Å². The second-order valence-electron chi connectivity index (χ2n) is 33.1. The van der Waals surface area contributed by atoms with Crippen LogP contribution in [0.1, 0.15) is 111 Å². The van der Waals surface area contributed by atoms with Crippen molar-refractivity contribution in [2.24, 2.45) is 40.3 Å². The van der Waals surface area contributed by atoms with Crippen molar-refractivity contribution in [2.45, 2.75) is 183 Å². The maximum Gasteiger partial charge on any atom is 0.243 e. The Bertz CT molecular complexity index is 6120. The van der Waals surface area contributed by atoms with Crippen molar-refractivity contribution in [1.82, 2.24) is 88.4 Å². The van der Waals surface area contributed by atoms with Gasteiger partial charge in [-0.05, 0) is 127 Å². The number of amides is 13. The van der Waals surface area contributed by atoms with Crippen LogP contribution in [0.2, 0.25) is 0 Å². The Hall–Kier alpha value is -15.1. The molecule has 6 aromatic heterocycles. The van der Waals surface area contributed by atoms with E-state index in [1.54, 1.807) is 124 Å². The number of para-hydroxylation sites is 6. The molecule has 0 saturated heterocycles. The van der Waals surface area contributed by atoms with E-state index in [4.69, 9.17) is 39.8 Å². The lowest BCUT2D eigenvalue weighted by Crippen LogP contribution is -2.62. The second kappa shape index (κ2) is 45.0. The number of hydrogen-bond donors (Lipinski definition) is 24. The monoisotopic (exact) mass is 1790 g/mol. The molecule has 0 fully saturated rings. The molecule has 131 heavy (non-hydrogen) atoms. The highest BCUT2D eigenvalue weighted by Gasteiger charge is 2.39. The maximum atomic E-state index is 15.9. The lowest BCUT2D eigenvalue weighted by Gasteiger charge is -2.30. The molecule has 30 N–H and O–H groups in total. The number of aromatic nitrogens is 6. The summed E-state index contributed by atoms with van der Waals surface area (Å²) in [5.41, 5.74) is 42.8. The first-order chi connectivity index (χ1) is 63.1. The van der Waals surface area contributed by atoms with Crippen molar-refractivity contribution in [1.29, 1.82) is 5.41 Å². The summed E-state index contributed by atoms with van der Waals surface area (Å²) in [7, 11) is 0. The zero-order valence-corrected chi connectivity index (χ0v) is 72.7. The van der Waals surface area contributed by atoms with Crippen LogP contribution >= 0.6 is 0 Å². The minimum atomic E-state index is -1.70. The maximum absolute atomic E-state index is 15.9. The van der Waals surface area contributed by atoms with E-state index >= 15 is 38.4 Å². The molecule has 13 amide bonds. The Balaban J connectivity index is 0.830. The number of carbonyl (C=O) groups is 13. The number of carbonyl (C=O) groups excluding carboxylic acids is 13. The normalized spacial score (nSPS) is 14.2. The van der Waals surface area contributed by atoms with Crippen molar-refractivity contribution >= 4 is 148 Å². The molecule has 12 rings (SSSR count). The van der Waals surface area contributed by atoms with Crippen LogP contribution in [0, 0.1) is 11.3 Å². The minimum Gasteiger partial charge on any atom is -0.370 e. The van der Waals surface area contributed by atoms with E-state index in [1.807, 2.05) is 72.8 Å². The number of aromatic amines is 6. The van der Waals surface area contributed by atoms with Gasteiger partial charge in [-0.15, -0.1) is 0 Å². The van der Waals surface area contributed by atoms with E-state index in [1.165, 1.54) is 0 Å². The summed E-state index contributed by atoms with van der Waals surface area (Å²) in [6.07, 6.45) is 8.57. The number of unbranched alkanes of at least 4 members (excludes halogenated alkanes) is 1. The molecular weight excluding hydrogens is 1670 g/mol. The molecule has 37 heteroatoms. The average molecular weight is 1790 g/mol. The molecule has 0 radical (unpaired) electrons. The van der Waals surface area contributed by atoms with Crippen LogP contribution in [0.4, 0.5) is 0 Å². The fraction of sp³-hybridized carbons (Fsp3) is 0.340. The quantitative estimate of drug-likeness (QED) is 0.0148. The SMILES string of the molecule is CC[C@H](C)[C@H](NC(=O)[C@H](Cc1c[nH]c2ccccc12)NC(=O)[C@H](CCC(N)=O)NC(=O)[C@@H](N)CCCNC(=N)N)C(=O)N[C@@H](CCCCN)C(=O)N[C@@H](Cc1c[nH]c2ccccc12)C(=O)N[C@@H](Cc1c[nH]c2ccccc12)C(=O)N[C@@H](CCC(N)=O)C(=O)N[C@@H](Cc1c[nH]c2ccccc12)C(=O)N[C@@H](Cc1c[nH]c2ccccc12)C(=O)N[C@@H](Cc1c[nH]c2ccccc12)C(N)=O. The summed E-state index contributed by atoms with van der Waals surface area (Å²) in [4.78, 5) is 210. The first-order valence-electron chi connectivity index (χ1n) is 43.8. The number of guanidine groups is 1. The number of hydrogen-bond acceptors (Lipinski definition) is 16. The van der Waals surface area contributed by atoms with Crippen LogP contribution < -0.4 is 92.9 Å². The van der Waals surface area contributed by atoms with Gasteiger partial charge in [-0.3, -0.25) is 67.7 Å². The summed E-state index contributed by atoms with van der Waals surface area (Å²) in [5, 5.41) is 42.5. The Labute approximate surface area is 753 Å². The summed E-state index contributed by atoms with van der Waals surface area (Å²) in [5.74, 6) is -12.3. The van der Waals surface area contributed by atoms with Crippen molar-refractivity contribution < 1.29 is 62.3 Å². The van der Waals surface area contributed by atoms with Gasteiger partial charge in [-0.1, -0.05) is 129 Å². The van der Waals surface area contributed by atoms with Crippen molar-refractivity contribution in [3.8, 4) is 0 Å². The molecule has 0 saturated carbocycles. The number of H-pyrrole nitrogens is 6. The van der Waals surface area contributed by atoms with Gasteiger partial charge >= 0.3 is 0 Å². The van der Waals surface area contributed by atoms with Crippen molar-refractivity contribution in [3.05, 3.63) is 216 Å². The Kier molecular flexibility index (Phi) is 32.6. The highest BCUT2D eigenvalue weighted by Crippen LogP contribution is 2.28. The standard InChI is InChI=1S/C94H114N24O13/c1-3-51(2)82(118-92(130)79(44-57-50-108-70-31-15-9-24-63(57)70)115-86(124)72(33-35-80(97)119)109-84(122)64(96)25-18-38-102-94(100)101)93(131)111-71(32-16-17-37-95)85(123)113-77(42-55-48-106-68-29-13-7-22-61(55)68)90(128)116-75(40-53-46-104-66-27-11-5-20-59(53)66)88(126)110-73(34-36-81(98)120)87(125)114-78(43-56-49-107-69-30-14-8-23-62(56)69)91(129)117-76(41-54-47-105-67-28-12-6-21-60(54)67)89(127)112-74(83(99)121)39-52-45-103-65-26-10-4-19-58(52)65/h4-15,19-24,26-31,45-51,64,71-79,82,103-108H,3,16-18,25,32-44,95-96H2,1-2H3,(H2,97,119)(H2,98,120)(H2,99,121)(H,109,122)(H,110,126)(H,111,131)(H,112,127)(H,113,123)(H,114,125)(H,115,124)(H,116,128)(H,117,129)(H,118,130)(H4,100,101,102)/t51-,64-,71-,72-,73-,74-,75-,76-,77-,78-,79-,82-/m0/s1. The van der Waals surface area contributed by atoms with Gasteiger partial charge in [0, 0.05) is 161 Å². The molecule has 12 atom stereocenters. The van der Waals surface area contributed by atoms with Gasteiger partial charge in [0.15, 0.2) is 5.96 Å². The van der Waals surface area contributed by atoms with Gasteiger partial charge in [0.05, 0.1) is 6.04 Å². The van der Waals surface area contributed by atoms with Crippen LogP contribution in [0.3, 0.4) is 0 Å². The zero-order chi connectivity index (χ0) is 93.4. The molecule has 0 bridgehead atoms. The van der Waals surface area contributed by atoms with Crippen molar-refractivity contribution in [2.75, 3.05) is 13.1 Å². The predicted octanol–water partition coefficient (Wildman–Crippen LogP) is 2.96. The van der Waals surface area contributed by atoms with Crippen LogP contribution in [-0.4, -0.2) is 192 Å². The zero-order valence-electron chi connectivity index (χ0n) is 72.7. The molecular formula is C94H114N24O13. The van der Waals surface area contributed by atoms with Gasteiger partial charge < -0.3 is 123 Å². The van der Waals surface area contributed by atoms with Gasteiger partial charge in [-0.2, -0.15) is 0 Å². The number of nitrogens with one attached hydrogen (secondary N) is 18. The second-order valence-corrected chi connectivity index (χ2v) is 33.1. The minimum absolute atomic E-state index is 0.0284. The largest absolute Gasteiger partial charge is 0.370 e. The smallest absolute Gasteiger partial charge is 0.243 e. The molecule has 0 aliphatic heterocycles. The van der Waals surface area contributed by atoms with E-state index in [0.29, 0.717) is 89.8 Å². The highest BCUT2D eigenvalue weighted by molar-refractivity contribution is 6.02. The average Bonchev–Trinajstić information content (AvgIpc) is 1.72. The summed E-state index contributed by atoms with van der Waals surface area (Å²) < 4.78 is 0. The molecule has 0 aliphatic carbocycles. The highest BCUT2D eigenvalue weighted by atomic mass is 16.2. The number of primary amides is 3. The fourth-order valence-corrected chi connectivity index (χ4v) is 16.3. The van der Waals surface area contributed by atoms with Crippen molar-refractivity contribution in [3.63, 3.8) is 0 Å². The van der Waals surface area contributed by atoms with Gasteiger partial charge in [-0.25, -0.2) is 0 Å². The van der Waals surface area contributed by atoms with Crippen LogP contribution in [-0.2, 0) is 101 Å². The summed E-state index contributed by atoms with van der Waals surface area (Å²) in [6, 6.07) is 27.3. The molecule has 0 aliphatic rings. The first-order valence-corrected chi connectivity index (χ1v) is 43.8. The number of rotatable bonds is 49. The summed E-state index contributed by atoms with van der Waals surface area (Å²) in [6.45, 7) is 3.87. The third kappa shape index (κ3) is 25.2. The van der Waals surface area contributed by atoms with Crippen LogP contribution in [0.25, 0.3) is 65.4 Å². The topological polar surface area (TPSA) is 629 Å². The van der Waals surface area contributed by atoms with E-state index in [9.17, 15) is 24.0 Å². The molecule has 12 aromatic rings. The van der Waals surface area contributed by atoms with Gasteiger partial charge in [0.25, 0.3) is 0 Å². The summed E-state index contributed by atoms with van der Waals surface area (Å²) >= 11 is 0. The van der Waals surface area contributed by atoms with Gasteiger partial charge in [0.1, 0.15) is 60.4 Å². The van der Waals surface area contributed by atoms with Gasteiger partial charge in [0.2, 0.25) is 76.8 Å². The van der Waals surface area contributed by atoms with Crippen LogP contribution in [0.5, 0.6) is 0 Å². The number of fused-ring (bicyclic) bond motifs is 6. The van der Waals surface area contributed by atoms with Crippen LogP contribution in [0.15, 0.2) is 183 Å².